The molecule has 2 rings (SSSR count). The maximum Gasteiger partial charge on any atom is 0.259 e. The zero-order chi connectivity index (χ0) is 13.8. The summed E-state index contributed by atoms with van der Waals surface area (Å²) in [6.07, 6.45) is 1.59. The number of anilines is 1. The minimum Gasteiger partial charge on any atom is -0.494 e. The van der Waals surface area contributed by atoms with Gasteiger partial charge in [0.1, 0.15) is 11.5 Å². The third-order valence-electron chi connectivity index (χ3n) is 2.81. The van der Waals surface area contributed by atoms with Gasteiger partial charge < -0.3 is 14.5 Å². The van der Waals surface area contributed by atoms with Crippen molar-refractivity contribution in [3.8, 4) is 5.75 Å². The van der Waals surface area contributed by atoms with Crippen LogP contribution in [0, 0.1) is 13.8 Å². The van der Waals surface area contributed by atoms with Crippen molar-refractivity contribution < 1.29 is 13.9 Å². The topological polar surface area (TPSA) is 51.5 Å². The highest BCUT2D eigenvalue weighted by atomic mass is 16.5. The molecule has 4 nitrogen and oxygen atoms in total. The number of ether oxygens (including phenoxy) is 1. The van der Waals surface area contributed by atoms with Crippen LogP contribution in [0.15, 0.2) is 34.9 Å². The molecule has 2 aromatic rings. The normalized spacial score (nSPS) is 10.3. The molecule has 4 heteroatoms. The fourth-order valence-corrected chi connectivity index (χ4v) is 1.91. The number of hydrogen-bond acceptors (Lipinski definition) is 3. The van der Waals surface area contributed by atoms with Gasteiger partial charge in [0.15, 0.2) is 0 Å². The van der Waals surface area contributed by atoms with E-state index in [4.69, 9.17) is 9.15 Å². The molecule has 0 aliphatic heterocycles. The standard InChI is InChI=1S/C15H17NO3/c1-4-18-13-7-5-12(6-8-13)16-15(17)14-10(2)9-19-11(14)3/h5-9H,4H2,1-3H3,(H,16,17). The van der Waals surface area contributed by atoms with Crippen molar-refractivity contribution in [2.45, 2.75) is 20.8 Å². The molecule has 0 spiro atoms. The first kappa shape index (κ1) is 13.2. The van der Waals surface area contributed by atoms with Crippen LogP contribution in [0.1, 0.15) is 28.6 Å². The maximum atomic E-state index is 12.1. The van der Waals surface area contributed by atoms with E-state index in [9.17, 15) is 4.79 Å². The fourth-order valence-electron chi connectivity index (χ4n) is 1.91. The minimum absolute atomic E-state index is 0.159. The second-order valence-electron chi connectivity index (χ2n) is 4.26. The summed E-state index contributed by atoms with van der Waals surface area (Å²) in [5.74, 6) is 1.25. The lowest BCUT2D eigenvalue weighted by Crippen LogP contribution is -2.13. The van der Waals surface area contributed by atoms with Gasteiger partial charge in [0.2, 0.25) is 0 Å². The van der Waals surface area contributed by atoms with E-state index in [1.165, 1.54) is 0 Å². The van der Waals surface area contributed by atoms with Gasteiger partial charge in [-0.15, -0.1) is 0 Å². The van der Waals surface area contributed by atoms with E-state index in [0.29, 0.717) is 17.9 Å². The summed E-state index contributed by atoms with van der Waals surface area (Å²) in [7, 11) is 0. The van der Waals surface area contributed by atoms with Gasteiger partial charge in [0, 0.05) is 11.3 Å². The van der Waals surface area contributed by atoms with Crippen molar-refractivity contribution >= 4 is 11.6 Å². The van der Waals surface area contributed by atoms with Crippen molar-refractivity contribution in [1.29, 1.82) is 0 Å². The quantitative estimate of drug-likeness (QED) is 0.913. The monoisotopic (exact) mass is 259 g/mol. The molecular weight excluding hydrogens is 242 g/mol. The van der Waals surface area contributed by atoms with Crippen LogP contribution in [0.3, 0.4) is 0 Å². The van der Waals surface area contributed by atoms with Crippen LogP contribution in [-0.2, 0) is 0 Å². The van der Waals surface area contributed by atoms with Gasteiger partial charge in [0.05, 0.1) is 18.4 Å². The summed E-state index contributed by atoms with van der Waals surface area (Å²) in [5.41, 5.74) is 2.16. The van der Waals surface area contributed by atoms with Gasteiger partial charge in [0.25, 0.3) is 5.91 Å². The highest BCUT2D eigenvalue weighted by Crippen LogP contribution is 2.19. The molecule has 1 heterocycles. The number of benzene rings is 1. The second kappa shape index (κ2) is 5.61. The molecule has 0 unspecified atom stereocenters. The lowest BCUT2D eigenvalue weighted by Gasteiger charge is -2.07. The number of nitrogens with one attached hydrogen (secondary N) is 1. The van der Waals surface area contributed by atoms with E-state index in [2.05, 4.69) is 5.32 Å². The van der Waals surface area contributed by atoms with Crippen LogP contribution in [-0.4, -0.2) is 12.5 Å². The minimum atomic E-state index is -0.159. The fraction of sp³-hybridized carbons (Fsp3) is 0.267. The summed E-state index contributed by atoms with van der Waals surface area (Å²) in [5, 5.41) is 2.84. The van der Waals surface area contributed by atoms with Crippen molar-refractivity contribution in [1.82, 2.24) is 0 Å². The number of aryl methyl sites for hydroxylation is 2. The van der Waals surface area contributed by atoms with Gasteiger partial charge in [-0.3, -0.25) is 4.79 Å². The molecule has 1 N–H and O–H groups in total. The second-order valence-corrected chi connectivity index (χ2v) is 4.26. The van der Waals surface area contributed by atoms with Crippen LogP contribution in [0.2, 0.25) is 0 Å². The van der Waals surface area contributed by atoms with E-state index in [-0.39, 0.29) is 5.91 Å². The van der Waals surface area contributed by atoms with E-state index < -0.39 is 0 Å². The molecule has 0 aliphatic carbocycles. The van der Waals surface area contributed by atoms with Crippen LogP contribution < -0.4 is 10.1 Å². The Labute approximate surface area is 112 Å². The Balaban J connectivity index is 2.11. The Morgan fingerprint density at radius 2 is 1.95 bits per heavy atom. The molecule has 0 atom stereocenters. The highest BCUT2D eigenvalue weighted by molar-refractivity contribution is 6.05. The van der Waals surface area contributed by atoms with Crippen molar-refractivity contribution in [2.24, 2.45) is 0 Å². The van der Waals surface area contributed by atoms with Gasteiger partial charge in [-0.1, -0.05) is 0 Å². The smallest absolute Gasteiger partial charge is 0.259 e. The third-order valence-corrected chi connectivity index (χ3v) is 2.81. The van der Waals surface area contributed by atoms with Crippen molar-refractivity contribution in [2.75, 3.05) is 11.9 Å². The summed E-state index contributed by atoms with van der Waals surface area (Å²) < 4.78 is 10.6. The largest absolute Gasteiger partial charge is 0.494 e. The molecule has 19 heavy (non-hydrogen) atoms. The number of carbonyl (C=O) groups is 1. The van der Waals surface area contributed by atoms with E-state index in [1.807, 2.05) is 38.1 Å². The molecule has 1 amide bonds. The predicted octanol–water partition coefficient (Wildman–Crippen LogP) is 3.55. The maximum absolute atomic E-state index is 12.1. The molecule has 0 bridgehead atoms. The summed E-state index contributed by atoms with van der Waals surface area (Å²) >= 11 is 0. The third kappa shape index (κ3) is 2.96. The average molecular weight is 259 g/mol. The van der Waals surface area contributed by atoms with Crippen LogP contribution in [0.25, 0.3) is 0 Å². The lowest BCUT2D eigenvalue weighted by molar-refractivity contribution is 0.102. The summed E-state index contributed by atoms with van der Waals surface area (Å²) in [4.78, 5) is 12.1. The number of hydrogen-bond donors (Lipinski definition) is 1. The van der Waals surface area contributed by atoms with E-state index in [0.717, 1.165) is 17.0 Å². The van der Waals surface area contributed by atoms with E-state index in [1.54, 1.807) is 13.2 Å². The number of rotatable bonds is 4. The molecule has 100 valence electrons. The van der Waals surface area contributed by atoms with Crippen LogP contribution >= 0.6 is 0 Å². The predicted molar refractivity (Wildman–Crippen MR) is 73.7 cm³/mol. The summed E-state index contributed by atoms with van der Waals surface area (Å²) in [6, 6.07) is 7.28. The zero-order valence-corrected chi connectivity index (χ0v) is 11.3. The average Bonchev–Trinajstić information content (AvgIpc) is 2.72. The SMILES string of the molecule is CCOc1ccc(NC(=O)c2c(C)coc2C)cc1. The molecule has 1 aromatic carbocycles. The molecular formula is C15H17NO3. The van der Waals surface area contributed by atoms with Crippen molar-refractivity contribution in [3.63, 3.8) is 0 Å². The van der Waals surface area contributed by atoms with Gasteiger partial charge in [-0.25, -0.2) is 0 Å². The Morgan fingerprint density at radius 3 is 2.47 bits per heavy atom. The zero-order valence-electron chi connectivity index (χ0n) is 11.3. The molecule has 0 radical (unpaired) electrons. The van der Waals surface area contributed by atoms with E-state index >= 15 is 0 Å². The molecule has 0 saturated carbocycles. The molecule has 0 fully saturated rings. The van der Waals surface area contributed by atoms with Gasteiger partial charge >= 0.3 is 0 Å². The van der Waals surface area contributed by atoms with Crippen LogP contribution in [0.5, 0.6) is 5.75 Å². The molecule has 0 saturated heterocycles. The Kier molecular flexibility index (Phi) is 3.90. The molecule has 1 aromatic heterocycles. The first-order valence-corrected chi connectivity index (χ1v) is 6.20. The number of amides is 1. The number of furan rings is 1. The Hall–Kier alpha value is -2.23. The Bertz CT molecular complexity index is 550. The molecule has 0 aliphatic rings. The van der Waals surface area contributed by atoms with Crippen LogP contribution in [0.4, 0.5) is 5.69 Å². The van der Waals surface area contributed by atoms with Gasteiger partial charge in [-0.05, 0) is 45.0 Å². The highest BCUT2D eigenvalue weighted by Gasteiger charge is 2.15. The lowest BCUT2D eigenvalue weighted by atomic mass is 10.1. The summed E-state index contributed by atoms with van der Waals surface area (Å²) in [6.45, 7) is 6.18. The first-order valence-electron chi connectivity index (χ1n) is 6.20. The van der Waals surface area contributed by atoms with Gasteiger partial charge in [-0.2, -0.15) is 0 Å². The Morgan fingerprint density at radius 1 is 1.26 bits per heavy atom. The number of carbonyl (C=O) groups excluding carboxylic acids is 1. The van der Waals surface area contributed by atoms with Crippen molar-refractivity contribution in [3.05, 3.63) is 47.4 Å². The first-order chi connectivity index (χ1) is 9.11.